The Morgan fingerprint density at radius 2 is 1.90 bits per heavy atom. The highest BCUT2D eigenvalue weighted by atomic mass is 16.5. The number of nitrogens with zero attached hydrogens (tertiary/aromatic N) is 5. The topological polar surface area (TPSA) is 104 Å². The van der Waals surface area contributed by atoms with Crippen molar-refractivity contribution < 1.29 is 14.3 Å². The van der Waals surface area contributed by atoms with E-state index in [1.807, 2.05) is 53.2 Å². The Balaban J connectivity index is 1.32. The average Bonchev–Trinajstić information content (AvgIpc) is 3.41. The molecule has 2 heterocycles. The Kier molecular flexibility index (Phi) is 4.70. The minimum Gasteiger partial charge on any atom is -0.465 e. The third-order valence-electron chi connectivity index (χ3n) is 5.32. The molecule has 1 aliphatic carbocycles. The van der Waals surface area contributed by atoms with Crippen molar-refractivity contribution in [3.8, 4) is 11.4 Å². The van der Waals surface area contributed by atoms with Gasteiger partial charge in [-0.05, 0) is 53.6 Å². The van der Waals surface area contributed by atoms with E-state index in [1.165, 1.54) is 7.11 Å². The van der Waals surface area contributed by atoms with E-state index in [0.717, 1.165) is 35.1 Å². The third kappa shape index (κ3) is 3.65. The van der Waals surface area contributed by atoms with Crippen LogP contribution in [0.3, 0.4) is 0 Å². The molecule has 0 aliphatic heterocycles. The normalized spacial score (nSPS) is 13.3. The van der Waals surface area contributed by atoms with Crippen LogP contribution in [-0.2, 0) is 16.1 Å². The zero-order valence-electron chi connectivity index (χ0n) is 16.9. The first-order valence-electron chi connectivity index (χ1n) is 9.98. The molecule has 2 aromatic heterocycles. The standard InChI is InChI=1S/C22H20N6O3/c1-31-22(30)18-12-27(19-5-3-2-4-17(18)19)13-20(29)23-15-8-6-14(7-9-15)21-24-25-26-28(21)16-10-11-16/h2-9,12,16H,10-11,13H2,1H3,(H,23,29). The molecule has 0 unspecified atom stereocenters. The van der Waals surface area contributed by atoms with Gasteiger partial charge in [0, 0.05) is 28.4 Å². The van der Waals surface area contributed by atoms with E-state index in [4.69, 9.17) is 4.74 Å². The number of nitrogens with one attached hydrogen (secondary N) is 1. The molecule has 4 aromatic rings. The van der Waals surface area contributed by atoms with E-state index in [0.29, 0.717) is 17.3 Å². The van der Waals surface area contributed by atoms with Crippen LogP contribution in [0, 0.1) is 0 Å². The molecule has 1 aliphatic rings. The van der Waals surface area contributed by atoms with Gasteiger partial charge in [-0.25, -0.2) is 9.48 Å². The van der Waals surface area contributed by atoms with E-state index in [-0.39, 0.29) is 12.5 Å². The molecule has 5 rings (SSSR count). The Morgan fingerprint density at radius 1 is 1.13 bits per heavy atom. The van der Waals surface area contributed by atoms with Crippen LogP contribution < -0.4 is 5.32 Å². The lowest BCUT2D eigenvalue weighted by Gasteiger charge is -2.08. The van der Waals surface area contributed by atoms with Crippen molar-refractivity contribution in [1.82, 2.24) is 24.8 Å². The van der Waals surface area contributed by atoms with Gasteiger partial charge in [-0.1, -0.05) is 18.2 Å². The molecule has 1 fully saturated rings. The van der Waals surface area contributed by atoms with E-state index < -0.39 is 5.97 Å². The number of ether oxygens (including phenoxy) is 1. The first-order chi connectivity index (χ1) is 15.1. The Hall–Kier alpha value is -4.01. The van der Waals surface area contributed by atoms with E-state index in [2.05, 4.69) is 20.8 Å². The van der Waals surface area contributed by atoms with E-state index in [1.54, 1.807) is 10.8 Å². The Labute approximate surface area is 177 Å². The number of rotatable bonds is 6. The highest BCUT2D eigenvalue weighted by Crippen LogP contribution is 2.36. The molecule has 0 atom stereocenters. The number of hydrogen-bond acceptors (Lipinski definition) is 6. The van der Waals surface area contributed by atoms with Gasteiger partial charge in [0.15, 0.2) is 5.82 Å². The Morgan fingerprint density at radius 3 is 2.65 bits per heavy atom. The number of fused-ring (bicyclic) bond motifs is 1. The number of methoxy groups -OCH3 is 1. The van der Waals surface area contributed by atoms with Gasteiger partial charge in [-0.3, -0.25) is 4.79 Å². The number of hydrogen-bond donors (Lipinski definition) is 1. The summed E-state index contributed by atoms with van der Waals surface area (Å²) < 4.78 is 8.45. The zero-order valence-corrected chi connectivity index (χ0v) is 16.9. The van der Waals surface area contributed by atoms with Gasteiger partial charge in [0.2, 0.25) is 5.91 Å². The molecule has 1 N–H and O–H groups in total. The maximum absolute atomic E-state index is 12.7. The van der Waals surface area contributed by atoms with Gasteiger partial charge in [0.05, 0.1) is 18.7 Å². The first kappa shape index (κ1) is 19.0. The molecule has 0 bridgehead atoms. The second-order valence-electron chi connectivity index (χ2n) is 7.48. The summed E-state index contributed by atoms with van der Waals surface area (Å²) in [4.78, 5) is 24.7. The number of carbonyl (C=O) groups excluding carboxylic acids is 2. The molecule has 0 spiro atoms. The average molecular weight is 416 g/mol. The molecule has 9 nitrogen and oxygen atoms in total. The molecule has 156 valence electrons. The summed E-state index contributed by atoms with van der Waals surface area (Å²) in [6.07, 6.45) is 3.84. The molecule has 31 heavy (non-hydrogen) atoms. The summed E-state index contributed by atoms with van der Waals surface area (Å²) in [5.41, 5.74) is 2.79. The lowest BCUT2D eigenvalue weighted by Crippen LogP contribution is -2.18. The summed E-state index contributed by atoms with van der Waals surface area (Å²) in [7, 11) is 1.34. The second-order valence-corrected chi connectivity index (χ2v) is 7.48. The van der Waals surface area contributed by atoms with Crippen molar-refractivity contribution >= 4 is 28.5 Å². The third-order valence-corrected chi connectivity index (χ3v) is 5.32. The van der Waals surface area contributed by atoms with Crippen LogP contribution in [0.2, 0.25) is 0 Å². The zero-order chi connectivity index (χ0) is 21.4. The van der Waals surface area contributed by atoms with Gasteiger partial charge >= 0.3 is 5.97 Å². The van der Waals surface area contributed by atoms with Crippen molar-refractivity contribution in [3.05, 3.63) is 60.3 Å². The first-order valence-corrected chi connectivity index (χ1v) is 9.98. The van der Waals surface area contributed by atoms with Crippen LogP contribution >= 0.6 is 0 Å². The van der Waals surface area contributed by atoms with Crippen LogP contribution in [0.4, 0.5) is 5.69 Å². The van der Waals surface area contributed by atoms with Crippen molar-refractivity contribution in [2.24, 2.45) is 0 Å². The molecule has 1 saturated carbocycles. The number of carbonyl (C=O) groups is 2. The maximum atomic E-state index is 12.7. The Bertz CT molecular complexity index is 1270. The predicted molar refractivity (Wildman–Crippen MR) is 113 cm³/mol. The van der Waals surface area contributed by atoms with Gasteiger partial charge in [0.25, 0.3) is 0 Å². The fourth-order valence-electron chi connectivity index (χ4n) is 3.66. The number of para-hydroxylation sites is 1. The van der Waals surface area contributed by atoms with Crippen LogP contribution in [0.25, 0.3) is 22.3 Å². The highest BCUT2D eigenvalue weighted by molar-refractivity contribution is 6.05. The van der Waals surface area contributed by atoms with Crippen LogP contribution in [0.15, 0.2) is 54.7 Å². The highest BCUT2D eigenvalue weighted by Gasteiger charge is 2.28. The molecule has 2 aromatic carbocycles. The van der Waals surface area contributed by atoms with Gasteiger partial charge in [0.1, 0.15) is 6.54 Å². The minimum atomic E-state index is -0.431. The quantitative estimate of drug-likeness (QED) is 0.485. The van der Waals surface area contributed by atoms with Crippen molar-refractivity contribution in [1.29, 1.82) is 0 Å². The van der Waals surface area contributed by atoms with Gasteiger partial charge in [-0.2, -0.15) is 0 Å². The summed E-state index contributed by atoms with van der Waals surface area (Å²) in [6, 6.07) is 15.2. The number of aromatic nitrogens is 5. The van der Waals surface area contributed by atoms with Crippen molar-refractivity contribution in [2.75, 3.05) is 12.4 Å². The van der Waals surface area contributed by atoms with Crippen molar-refractivity contribution in [2.45, 2.75) is 25.4 Å². The van der Waals surface area contributed by atoms with Gasteiger partial charge < -0.3 is 14.6 Å². The van der Waals surface area contributed by atoms with Crippen molar-refractivity contribution in [3.63, 3.8) is 0 Å². The smallest absolute Gasteiger partial charge is 0.340 e. The fraction of sp³-hybridized carbons (Fsp3) is 0.227. The largest absolute Gasteiger partial charge is 0.465 e. The minimum absolute atomic E-state index is 0.0686. The monoisotopic (exact) mass is 416 g/mol. The fourth-order valence-corrected chi connectivity index (χ4v) is 3.66. The molecule has 1 amide bonds. The molecule has 0 saturated heterocycles. The summed E-state index contributed by atoms with van der Waals surface area (Å²) >= 11 is 0. The lowest BCUT2D eigenvalue weighted by atomic mass is 10.2. The SMILES string of the molecule is COC(=O)c1cn(CC(=O)Nc2ccc(-c3nnnn3C3CC3)cc2)c2ccccc12. The lowest BCUT2D eigenvalue weighted by molar-refractivity contribution is -0.116. The van der Waals surface area contributed by atoms with Gasteiger partial charge in [-0.15, -0.1) is 5.10 Å². The number of anilines is 1. The molecular weight excluding hydrogens is 396 g/mol. The summed E-state index contributed by atoms with van der Waals surface area (Å²) in [5, 5.41) is 15.6. The van der Waals surface area contributed by atoms with Crippen LogP contribution in [-0.4, -0.2) is 43.8 Å². The maximum Gasteiger partial charge on any atom is 0.340 e. The molecular formula is C22H20N6O3. The summed E-state index contributed by atoms with van der Waals surface area (Å²) in [6.45, 7) is 0.0686. The van der Waals surface area contributed by atoms with Crippen LogP contribution in [0.5, 0.6) is 0 Å². The number of benzene rings is 2. The number of tetrazole rings is 1. The van der Waals surface area contributed by atoms with Crippen LogP contribution in [0.1, 0.15) is 29.2 Å². The molecule has 0 radical (unpaired) electrons. The second kappa shape index (κ2) is 7.67. The number of amides is 1. The van der Waals surface area contributed by atoms with E-state index >= 15 is 0 Å². The molecule has 9 heteroatoms. The van der Waals surface area contributed by atoms with E-state index in [9.17, 15) is 9.59 Å². The predicted octanol–water partition coefficient (Wildman–Crippen LogP) is 3.06. The number of esters is 1. The summed E-state index contributed by atoms with van der Waals surface area (Å²) in [5.74, 6) is 0.0988.